The molecule has 0 aliphatic carbocycles. The molecule has 0 bridgehead atoms. The van der Waals surface area contributed by atoms with Crippen molar-refractivity contribution in [2.24, 2.45) is 0 Å². The van der Waals surface area contributed by atoms with E-state index in [-0.39, 0.29) is 5.91 Å². The molecular formula is C16H34N2O2. The quantitative estimate of drug-likeness (QED) is 0.378. The highest BCUT2D eigenvalue weighted by atomic mass is 16.5. The van der Waals surface area contributed by atoms with E-state index in [4.69, 9.17) is 0 Å². The normalized spacial score (nSPS) is 11.0. The predicted octanol–water partition coefficient (Wildman–Crippen LogP) is 3.73. The third-order valence-electron chi connectivity index (χ3n) is 3.56. The molecule has 0 aromatic heterocycles. The molecule has 0 aromatic carbocycles. The Morgan fingerprint density at radius 3 is 2.05 bits per heavy atom. The molecule has 0 aliphatic rings. The fourth-order valence-electron chi connectivity index (χ4n) is 2.17. The van der Waals surface area contributed by atoms with Gasteiger partial charge in [0.1, 0.15) is 0 Å². The molecule has 0 radical (unpaired) electrons. The van der Waals surface area contributed by atoms with E-state index in [0.29, 0.717) is 26.1 Å². The van der Waals surface area contributed by atoms with Crippen molar-refractivity contribution in [3.63, 3.8) is 0 Å². The summed E-state index contributed by atoms with van der Waals surface area (Å²) in [5.41, 5.74) is 0. The van der Waals surface area contributed by atoms with Gasteiger partial charge in [0.15, 0.2) is 0 Å². The van der Waals surface area contributed by atoms with Gasteiger partial charge in [-0.3, -0.25) is 4.79 Å². The van der Waals surface area contributed by atoms with Gasteiger partial charge in [0, 0.05) is 26.1 Å². The molecule has 1 amide bonds. The molecule has 0 atom stereocenters. The maximum Gasteiger partial charge on any atom is 0.220 e. The zero-order valence-corrected chi connectivity index (χ0v) is 13.5. The highest BCUT2D eigenvalue weighted by Crippen LogP contribution is 2.10. The molecular weight excluding hydrogens is 252 g/mol. The van der Waals surface area contributed by atoms with E-state index in [2.05, 4.69) is 12.2 Å². The van der Waals surface area contributed by atoms with Gasteiger partial charge >= 0.3 is 0 Å². The van der Waals surface area contributed by atoms with Crippen LogP contribution in [0.5, 0.6) is 0 Å². The molecule has 4 heteroatoms. The zero-order chi connectivity index (χ0) is 15.1. The van der Waals surface area contributed by atoms with Crippen LogP contribution in [0.15, 0.2) is 0 Å². The first-order valence-electron chi connectivity index (χ1n) is 8.41. The number of hydrogen-bond acceptors (Lipinski definition) is 3. The summed E-state index contributed by atoms with van der Waals surface area (Å²) in [5.74, 6) is 0.109. The van der Waals surface area contributed by atoms with Gasteiger partial charge in [-0.1, -0.05) is 65.2 Å². The van der Waals surface area contributed by atoms with Crippen molar-refractivity contribution in [1.29, 1.82) is 0 Å². The van der Waals surface area contributed by atoms with E-state index in [1.165, 1.54) is 50.0 Å². The molecule has 0 rings (SSSR count). The molecule has 0 saturated carbocycles. The fourth-order valence-corrected chi connectivity index (χ4v) is 2.17. The molecule has 120 valence electrons. The topological polar surface area (TPSA) is 52.6 Å². The zero-order valence-electron chi connectivity index (χ0n) is 13.5. The van der Waals surface area contributed by atoms with Crippen LogP contribution in [0.3, 0.4) is 0 Å². The average Bonchev–Trinajstić information content (AvgIpc) is 2.45. The summed E-state index contributed by atoms with van der Waals surface area (Å²) in [7, 11) is 0. The smallest absolute Gasteiger partial charge is 0.220 e. The van der Waals surface area contributed by atoms with Gasteiger partial charge in [0.2, 0.25) is 5.91 Å². The Hall–Kier alpha value is -0.610. The lowest BCUT2D eigenvalue weighted by atomic mass is 10.1. The number of likely N-dealkylation sites (N-methyl/N-ethyl adjacent to an activating group) is 1. The third kappa shape index (κ3) is 13.8. The first kappa shape index (κ1) is 19.4. The maximum atomic E-state index is 11.5. The molecule has 0 aromatic rings. The van der Waals surface area contributed by atoms with Crippen molar-refractivity contribution in [2.45, 2.75) is 78.1 Å². The lowest BCUT2D eigenvalue weighted by molar-refractivity contribution is -0.122. The first-order chi connectivity index (χ1) is 9.70. The van der Waals surface area contributed by atoms with Crippen LogP contribution < -0.4 is 5.32 Å². The molecule has 4 nitrogen and oxygen atoms in total. The summed E-state index contributed by atoms with van der Waals surface area (Å²) in [6.07, 6.45) is 12.1. The van der Waals surface area contributed by atoms with E-state index in [0.717, 1.165) is 12.8 Å². The Morgan fingerprint density at radius 1 is 0.950 bits per heavy atom. The van der Waals surface area contributed by atoms with Gasteiger partial charge in [0.25, 0.3) is 0 Å². The predicted molar refractivity (Wildman–Crippen MR) is 83.9 cm³/mol. The Bertz CT molecular complexity index is 223. The SMILES string of the molecule is CCCCCCCCCCCC(=O)NCCN(O)CC. The van der Waals surface area contributed by atoms with Gasteiger partial charge in [-0.25, -0.2) is 0 Å². The van der Waals surface area contributed by atoms with Gasteiger partial charge in [-0.15, -0.1) is 0 Å². The van der Waals surface area contributed by atoms with Crippen LogP contribution in [0, 0.1) is 0 Å². The molecule has 0 saturated heterocycles. The number of carbonyl (C=O) groups excluding carboxylic acids is 1. The van der Waals surface area contributed by atoms with Gasteiger partial charge in [0.05, 0.1) is 0 Å². The van der Waals surface area contributed by atoms with Crippen LogP contribution in [0.2, 0.25) is 0 Å². The van der Waals surface area contributed by atoms with Crippen LogP contribution in [-0.2, 0) is 4.79 Å². The van der Waals surface area contributed by atoms with Gasteiger partial charge in [-0.05, 0) is 6.42 Å². The summed E-state index contributed by atoms with van der Waals surface area (Å²) in [5, 5.41) is 13.2. The minimum Gasteiger partial charge on any atom is -0.355 e. The Labute approximate surface area is 124 Å². The van der Waals surface area contributed by atoms with E-state index >= 15 is 0 Å². The van der Waals surface area contributed by atoms with E-state index < -0.39 is 0 Å². The summed E-state index contributed by atoms with van der Waals surface area (Å²) in [4.78, 5) is 11.5. The number of nitrogens with zero attached hydrogens (tertiary/aromatic N) is 1. The lowest BCUT2D eigenvalue weighted by Crippen LogP contribution is -2.33. The second-order valence-corrected chi connectivity index (χ2v) is 5.47. The lowest BCUT2D eigenvalue weighted by Gasteiger charge is -2.12. The molecule has 0 spiro atoms. The molecule has 0 heterocycles. The fraction of sp³-hybridized carbons (Fsp3) is 0.938. The molecule has 0 aliphatic heterocycles. The number of hydroxylamine groups is 2. The number of rotatable bonds is 14. The second-order valence-electron chi connectivity index (χ2n) is 5.47. The molecule has 20 heavy (non-hydrogen) atoms. The van der Waals surface area contributed by atoms with E-state index in [9.17, 15) is 10.0 Å². The number of carbonyl (C=O) groups is 1. The number of amides is 1. The maximum absolute atomic E-state index is 11.5. The highest BCUT2D eigenvalue weighted by molar-refractivity contribution is 5.75. The Kier molecular flexibility index (Phi) is 14.3. The highest BCUT2D eigenvalue weighted by Gasteiger charge is 2.02. The van der Waals surface area contributed by atoms with Gasteiger partial charge in [-0.2, -0.15) is 5.06 Å². The van der Waals surface area contributed by atoms with Crippen molar-refractivity contribution in [2.75, 3.05) is 19.6 Å². The van der Waals surface area contributed by atoms with Crippen molar-refractivity contribution < 1.29 is 10.0 Å². The number of unbranched alkanes of at least 4 members (excludes halogenated alkanes) is 8. The average molecular weight is 286 g/mol. The molecule has 0 fully saturated rings. The number of hydrogen-bond donors (Lipinski definition) is 2. The van der Waals surface area contributed by atoms with Crippen LogP contribution >= 0.6 is 0 Å². The number of nitrogens with one attached hydrogen (secondary N) is 1. The van der Waals surface area contributed by atoms with Crippen LogP contribution in [0.1, 0.15) is 78.1 Å². The van der Waals surface area contributed by atoms with Gasteiger partial charge < -0.3 is 10.5 Å². The molecule has 0 unspecified atom stereocenters. The minimum atomic E-state index is 0.109. The molecule has 2 N–H and O–H groups in total. The Morgan fingerprint density at radius 2 is 1.50 bits per heavy atom. The monoisotopic (exact) mass is 286 g/mol. The summed E-state index contributed by atoms with van der Waals surface area (Å²) in [6.45, 7) is 5.74. The summed E-state index contributed by atoms with van der Waals surface area (Å²) < 4.78 is 0. The van der Waals surface area contributed by atoms with Crippen LogP contribution in [0.4, 0.5) is 0 Å². The van der Waals surface area contributed by atoms with Crippen LogP contribution in [-0.4, -0.2) is 35.8 Å². The standard InChI is InChI=1S/C16H34N2O2/c1-3-5-6-7-8-9-10-11-12-13-16(19)17-14-15-18(20)4-2/h20H,3-15H2,1-2H3,(H,17,19). The first-order valence-corrected chi connectivity index (χ1v) is 8.41. The van der Waals surface area contributed by atoms with Crippen molar-refractivity contribution >= 4 is 5.91 Å². The minimum absolute atomic E-state index is 0.109. The third-order valence-corrected chi connectivity index (χ3v) is 3.56. The summed E-state index contributed by atoms with van der Waals surface area (Å²) in [6, 6.07) is 0. The Balaban J connectivity index is 3.19. The van der Waals surface area contributed by atoms with Crippen LogP contribution in [0.25, 0.3) is 0 Å². The van der Waals surface area contributed by atoms with E-state index in [1.807, 2.05) is 6.92 Å². The van der Waals surface area contributed by atoms with Crippen molar-refractivity contribution in [1.82, 2.24) is 10.4 Å². The largest absolute Gasteiger partial charge is 0.355 e. The van der Waals surface area contributed by atoms with Crippen molar-refractivity contribution in [3.8, 4) is 0 Å². The van der Waals surface area contributed by atoms with Crippen molar-refractivity contribution in [3.05, 3.63) is 0 Å². The summed E-state index contributed by atoms with van der Waals surface area (Å²) >= 11 is 0. The second kappa shape index (κ2) is 14.8. The van der Waals surface area contributed by atoms with E-state index in [1.54, 1.807) is 0 Å².